The number of carbonyl (C=O) groups is 1. The van der Waals surface area contributed by atoms with Gasteiger partial charge in [0, 0.05) is 18.5 Å². The van der Waals surface area contributed by atoms with Crippen LogP contribution in [-0.4, -0.2) is 19.1 Å². The summed E-state index contributed by atoms with van der Waals surface area (Å²) in [7, 11) is 0. The highest BCUT2D eigenvalue weighted by molar-refractivity contribution is 6.32. The van der Waals surface area contributed by atoms with E-state index in [1.807, 2.05) is 0 Å². The maximum atomic E-state index is 13.3. The van der Waals surface area contributed by atoms with Crippen LogP contribution in [0.1, 0.15) is 27.9 Å². The predicted molar refractivity (Wildman–Crippen MR) is 89.4 cm³/mol. The Morgan fingerprint density at radius 2 is 2.04 bits per heavy atom. The zero-order valence-corrected chi connectivity index (χ0v) is 14.0. The highest BCUT2D eigenvalue weighted by Gasteiger charge is 2.18. The first-order valence-electron chi connectivity index (χ1n) is 7.67. The van der Waals surface area contributed by atoms with Crippen molar-refractivity contribution in [1.29, 1.82) is 0 Å². The standard InChI is InChI=1S/C18H17ClFNO3/c1-11-7-12(3-4-15(11)20)10-21-18(22)13-8-14(19)17-16(9-13)23-5-2-6-24-17/h3-4,7-9H,2,5-6,10H2,1H3,(H,21,22). The van der Waals surface area contributed by atoms with Gasteiger partial charge in [-0.25, -0.2) is 4.39 Å². The molecule has 0 radical (unpaired) electrons. The van der Waals surface area contributed by atoms with E-state index in [9.17, 15) is 9.18 Å². The molecule has 0 saturated carbocycles. The first-order valence-corrected chi connectivity index (χ1v) is 8.05. The van der Waals surface area contributed by atoms with Crippen LogP contribution >= 0.6 is 11.6 Å². The van der Waals surface area contributed by atoms with E-state index in [4.69, 9.17) is 21.1 Å². The van der Waals surface area contributed by atoms with E-state index < -0.39 is 0 Å². The number of benzene rings is 2. The molecule has 0 atom stereocenters. The Bertz CT molecular complexity index is 779. The quantitative estimate of drug-likeness (QED) is 0.914. The molecule has 1 amide bonds. The summed E-state index contributed by atoms with van der Waals surface area (Å²) >= 11 is 6.19. The molecule has 2 aromatic carbocycles. The summed E-state index contributed by atoms with van der Waals surface area (Å²) in [5, 5.41) is 3.14. The lowest BCUT2D eigenvalue weighted by Crippen LogP contribution is -2.23. The Morgan fingerprint density at radius 3 is 2.83 bits per heavy atom. The zero-order valence-electron chi connectivity index (χ0n) is 13.2. The number of halogens is 2. The number of fused-ring (bicyclic) bond motifs is 1. The van der Waals surface area contributed by atoms with Crippen LogP contribution in [0.5, 0.6) is 11.5 Å². The van der Waals surface area contributed by atoms with Gasteiger partial charge in [0.25, 0.3) is 5.91 Å². The lowest BCUT2D eigenvalue weighted by Gasteiger charge is -2.12. The average molecular weight is 350 g/mol. The first kappa shape index (κ1) is 16.6. The molecule has 0 unspecified atom stereocenters. The van der Waals surface area contributed by atoms with E-state index in [0.29, 0.717) is 47.4 Å². The smallest absolute Gasteiger partial charge is 0.251 e. The number of hydrogen-bond acceptors (Lipinski definition) is 3. The van der Waals surface area contributed by atoms with Crippen LogP contribution in [0.2, 0.25) is 5.02 Å². The molecular weight excluding hydrogens is 333 g/mol. The summed E-state index contributed by atoms with van der Waals surface area (Å²) in [5.41, 5.74) is 1.76. The van der Waals surface area contributed by atoms with Crippen molar-refractivity contribution in [3.8, 4) is 11.5 Å². The second kappa shape index (κ2) is 7.09. The average Bonchev–Trinajstić information content (AvgIpc) is 2.81. The van der Waals surface area contributed by atoms with Gasteiger partial charge in [0.1, 0.15) is 5.82 Å². The number of ether oxygens (including phenoxy) is 2. The van der Waals surface area contributed by atoms with Crippen LogP contribution in [0.4, 0.5) is 4.39 Å². The Hall–Kier alpha value is -2.27. The van der Waals surface area contributed by atoms with Crippen molar-refractivity contribution in [3.05, 3.63) is 57.9 Å². The van der Waals surface area contributed by atoms with Gasteiger partial charge in [0.05, 0.1) is 18.2 Å². The molecule has 1 N–H and O–H groups in total. The molecule has 2 aromatic rings. The molecule has 126 valence electrons. The van der Waals surface area contributed by atoms with Crippen LogP contribution in [0.25, 0.3) is 0 Å². The first-order chi connectivity index (χ1) is 11.5. The van der Waals surface area contributed by atoms with E-state index in [2.05, 4.69) is 5.32 Å². The van der Waals surface area contributed by atoms with Gasteiger partial charge >= 0.3 is 0 Å². The molecule has 1 aliphatic heterocycles. The minimum atomic E-state index is -0.283. The van der Waals surface area contributed by atoms with Crippen LogP contribution in [0, 0.1) is 12.7 Å². The van der Waals surface area contributed by atoms with Crippen molar-refractivity contribution >= 4 is 17.5 Å². The van der Waals surface area contributed by atoms with Crippen molar-refractivity contribution in [1.82, 2.24) is 5.32 Å². The fourth-order valence-electron chi connectivity index (χ4n) is 2.46. The van der Waals surface area contributed by atoms with Gasteiger partial charge in [0.2, 0.25) is 0 Å². The number of amides is 1. The molecule has 6 heteroatoms. The monoisotopic (exact) mass is 349 g/mol. The highest BCUT2D eigenvalue weighted by Crippen LogP contribution is 2.37. The maximum absolute atomic E-state index is 13.3. The highest BCUT2D eigenvalue weighted by atomic mass is 35.5. The fraction of sp³-hybridized carbons (Fsp3) is 0.278. The van der Waals surface area contributed by atoms with E-state index in [0.717, 1.165) is 12.0 Å². The topological polar surface area (TPSA) is 47.6 Å². The summed E-state index contributed by atoms with van der Waals surface area (Å²) in [6, 6.07) is 7.92. The van der Waals surface area contributed by atoms with Crippen molar-refractivity contribution in [3.63, 3.8) is 0 Å². The van der Waals surface area contributed by atoms with Crippen LogP contribution in [0.3, 0.4) is 0 Å². The normalized spacial score (nSPS) is 13.3. The SMILES string of the molecule is Cc1cc(CNC(=O)c2cc(Cl)c3c(c2)OCCCO3)ccc1F. The second-order valence-corrected chi connectivity index (χ2v) is 6.01. The number of carbonyl (C=O) groups excluding carboxylic acids is 1. The van der Waals surface area contributed by atoms with Gasteiger partial charge in [-0.3, -0.25) is 4.79 Å². The molecule has 0 fully saturated rings. The van der Waals surface area contributed by atoms with Crippen molar-refractivity contribution < 1.29 is 18.7 Å². The van der Waals surface area contributed by atoms with E-state index in [1.54, 1.807) is 31.2 Å². The molecular formula is C18H17ClFNO3. The van der Waals surface area contributed by atoms with Crippen molar-refractivity contribution in [2.24, 2.45) is 0 Å². The molecule has 24 heavy (non-hydrogen) atoms. The minimum Gasteiger partial charge on any atom is -0.489 e. The summed E-state index contributed by atoms with van der Waals surface area (Å²) in [4.78, 5) is 12.4. The van der Waals surface area contributed by atoms with Gasteiger partial charge in [-0.1, -0.05) is 23.7 Å². The van der Waals surface area contributed by atoms with Crippen molar-refractivity contribution in [2.75, 3.05) is 13.2 Å². The predicted octanol–water partition coefficient (Wildman–Crippen LogP) is 3.88. The number of nitrogens with one attached hydrogen (secondary N) is 1. The largest absolute Gasteiger partial charge is 0.489 e. The summed E-state index contributed by atoms with van der Waals surface area (Å²) in [6.07, 6.45) is 0.760. The third kappa shape index (κ3) is 3.62. The zero-order chi connectivity index (χ0) is 17.1. The van der Waals surface area contributed by atoms with Crippen LogP contribution < -0.4 is 14.8 Å². The maximum Gasteiger partial charge on any atom is 0.251 e. The van der Waals surface area contributed by atoms with Gasteiger partial charge in [0.15, 0.2) is 11.5 Å². The molecule has 0 spiro atoms. The van der Waals surface area contributed by atoms with E-state index in [-0.39, 0.29) is 11.7 Å². The Kier molecular flexibility index (Phi) is 4.90. The van der Waals surface area contributed by atoms with E-state index >= 15 is 0 Å². The molecule has 1 aliphatic rings. The second-order valence-electron chi connectivity index (χ2n) is 5.60. The molecule has 0 bridgehead atoms. The summed E-state index contributed by atoms with van der Waals surface area (Å²) < 4.78 is 24.4. The van der Waals surface area contributed by atoms with Gasteiger partial charge in [-0.2, -0.15) is 0 Å². The van der Waals surface area contributed by atoms with Crippen LogP contribution in [-0.2, 0) is 6.54 Å². The molecule has 0 saturated heterocycles. The third-order valence-corrected chi connectivity index (χ3v) is 4.02. The van der Waals surface area contributed by atoms with Crippen LogP contribution in [0.15, 0.2) is 30.3 Å². The lowest BCUT2D eigenvalue weighted by molar-refractivity contribution is 0.0950. The number of rotatable bonds is 3. The van der Waals surface area contributed by atoms with Gasteiger partial charge < -0.3 is 14.8 Å². The summed E-state index contributed by atoms with van der Waals surface area (Å²) in [5.74, 6) is 0.400. The van der Waals surface area contributed by atoms with E-state index in [1.165, 1.54) is 6.07 Å². The fourth-order valence-corrected chi connectivity index (χ4v) is 2.73. The molecule has 3 rings (SSSR count). The molecule has 4 nitrogen and oxygen atoms in total. The van der Waals surface area contributed by atoms with Gasteiger partial charge in [-0.15, -0.1) is 0 Å². The Balaban J connectivity index is 1.74. The lowest BCUT2D eigenvalue weighted by atomic mass is 10.1. The van der Waals surface area contributed by atoms with Crippen molar-refractivity contribution in [2.45, 2.75) is 19.9 Å². The molecule has 0 aromatic heterocycles. The summed E-state index contributed by atoms with van der Waals surface area (Å²) in [6.45, 7) is 3.03. The Labute approximate surface area is 144 Å². The minimum absolute atomic E-state index is 0.264. The number of aryl methyl sites for hydroxylation is 1. The van der Waals surface area contributed by atoms with Gasteiger partial charge in [-0.05, 0) is 36.2 Å². The Morgan fingerprint density at radius 1 is 1.25 bits per heavy atom. The molecule has 1 heterocycles. The number of hydrogen-bond donors (Lipinski definition) is 1. The molecule has 0 aliphatic carbocycles. The third-order valence-electron chi connectivity index (χ3n) is 3.74.